The van der Waals surface area contributed by atoms with Gasteiger partial charge in [0.1, 0.15) is 11.6 Å². The average molecular weight is 436 g/mol. The fraction of sp³-hybridized carbons (Fsp3) is 0.375. The molecule has 1 aliphatic carbocycles. The summed E-state index contributed by atoms with van der Waals surface area (Å²) in [4.78, 5) is 20.7. The maximum absolute atomic E-state index is 11.3. The van der Waals surface area contributed by atoms with Gasteiger partial charge < -0.3 is 25.8 Å². The van der Waals surface area contributed by atoms with Crippen LogP contribution in [0.25, 0.3) is 10.9 Å². The summed E-state index contributed by atoms with van der Waals surface area (Å²) in [5.41, 5.74) is 3.04. The van der Waals surface area contributed by atoms with Crippen molar-refractivity contribution in [1.29, 1.82) is 0 Å². The molecule has 1 fully saturated rings. The second-order valence-corrected chi connectivity index (χ2v) is 8.21. The van der Waals surface area contributed by atoms with E-state index in [0.29, 0.717) is 12.5 Å². The van der Waals surface area contributed by atoms with Crippen molar-refractivity contribution in [2.45, 2.75) is 51.2 Å². The fourth-order valence-corrected chi connectivity index (χ4v) is 4.17. The van der Waals surface area contributed by atoms with E-state index in [2.05, 4.69) is 27.0 Å². The van der Waals surface area contributed by atoms with E-state index in [0.717, 1.165) is 59.3 Å². The van der Waals surface area contributed by atoms with Gasteiger partial charge in [0.2, 0.25) is 5.95 Å². The van der Waals surface area contributed by atoms with Crippen LogP contribution in [0.1, 0.15) is 36.8 Å². The largest absolute Gasteiger partial charge is 0.497 e. The van der Waals surface area contributed by atoms with Crippen LogP contribution in [0.3, 0.4) is 0 Å². The number of benzene rings is 2. The second kappa shape index (κ2) is 9.72. The molecule has 2 unspecified atom stereocenters. The highest BCUT2D eigenvalue weighted by molar-refractivity contribution is 5.90. The van der Waals surface area contributed by atoms with Gasteiger partial charge in [0, 0.05) is 18.0 Å². The number of fused-ring (bicyclic) bond motifs is 1. The Balaban J connectivity index is 1.59. The van der Waals surface area contributed by atoms with Crippen LogP contribution < -0.4 is 20.7 Å². The first kappa shape index (κ1) is 21.7. The van der Waals surface area contributed by atoms with Crippen LogP contribution in [-0.4, -0.2) is 40.4 Å². The monoisotopic (exact) mass is 435 g/mol. The van der Waals surface area contributed by atoms with E-state index < -0.39 is 6.09 Å². The van der Waals surface area contributed by atoms with E-state index in [4.69, 9.17) is 9.72 Å². The van der Waals surface area contributed by atoms with Crippen LogP contribution in [0.4, 0.5) is 16.6 Å². The minimum Gasteiger partial charge on any atom is -0.497 e. The number of methoxy groups -OCH3 is 1. The van der Waals surface area contributed by atoms with Crippen molar-refractivity contribution in [2.24, 2.45) is 0 Å². The number of nitrogens with zero attached hydrogens (tertiary/aromatic N) is 2. The quantitative estimate of drug-likeness (QED) is 0.431. The van der Waals surface area contributed by atoms with Gasteiger partial charge in [-0.1, -0.05) is 36.6 Å². The molecule has 0 spiro atoms. The number of carbonyl (C=O) groups is 1. The highest BCUT2D eigenvalue weighted by Crippen LogP contribution is 2.28. The molecule has 1 amide bonds. The summed E-state index contributed by atoms with van der Waals surface area (Å²) in [5.74, 6) is 2.06. The number of hydrogen-bond acceptors (Lipinski definition) is 6. The molecule has 4 N–H and O–H groups in total. The predicted octanol–water partition coefficient (Wildman–Crippen LogP) is 4.55. The van der Waals surface area contributed by atoms with Crippen LogP contribution in [0, 0.1) is 6.92 Å². The first-order valence-corrected chi connectivity index (χ1v) is 10.9. The number of nitrogens with one attached hydrogen (secondary N) is 3. The second-order valence-electron chi connectivity index (χ2n) is 8.21. The molecule has 4 rings (SSSR count). The number of ether oxygens (including phenoxy) is 1. The fourth-order valence-electron chi connectivity index (χ4n) is 4.17. The number of anilines is 2. The summed E-state index contributed by atoms with van der Waals surface area (Å²) in [7, 11) is 1.65. The minimum atomic E-state index is -0.992. The van der Waals surface area contributed by atoms with Gasteiger partial charge in [-0.25, -0.2) is 9.78 Å². The van der Waals surface area contributed by atoms with E-state index in [9.17, 15) is 9.90 Å². The third-order valence-corrected chi connectivity index (χ3v) is 5.86. The van der Waals surface area contributed by atoms with E-state index in [-0.39, 0.29) is 12.1 Å². The first-order valence-electron chi connectivity index (χ1n) is 10.9. The Morgan fingerprint density at radius 2 is 1.84 bits per heavy atom. The molecule has 0 bridgehead atoms. The zero-order valence-corrected chi connectivity index (χ0v) is 18.4. The molecular weight excluding hydrogens is 406 g/mol. The number of carboxylic acid groups (broad SMARTS) is 1. The van der Waals surface area contributed by atoms with Gasteiger partial charge >= 0.3 is 6.09 Å². The maximum Gasteiger partial charge on any atom is 0.404 e. The lowest BCUT2D eigenvalue weighted by molar-refractivity contribution is 0.184. The van der Waals surface area contributed by atoms with Crippen molar-refractivity contribution in [2.75, 3.05) is 17.7 Å². The van der Waals surface area contributed by atoms with Crippen molar-refractivity contribution in [3.63, 3.8) is 0 Å². The molecule has 8 heteroatoms. The highest BCUT2D eigenvalue weighted by Gasteiger charge is 2.27. The molecule has 32 heavy (non-hydrogen) atoms. The summed E-state index contributed by atoms with van der Waals surface area (Å²) in [5, 5.41) is 19.7. The van der Waals surface area contributed by atoms with Gasteiger partial charge in [0.15, 0.2) is 0 Å². The van der Waals surface area contributed by atoms with Crippen LogP contribution in [0.5, 0.6) is 5.75 Å². The van der Waals surface area contributed by atoms with Gasteiger partial charge in [-0.2, -0.15) is 4.98 Å². The molecular formula is C24H29N5O3. The number of aromatic nitrogens is 2. The predicted molar refractivity (Wildman–Crippen MR) is 125 cm³/mol. The minimum absolute atomic E-state index is 0.0205. The third kappa shape index (κ3) is 5.19. The summed E-state index contributed by atoms with van der Waals surface area (Å²) in [6.45, 7) is 2.61. The van der Waals surface area contributed by atoms with Gasteiger partial charge in [-0.15, -0.1) is 0 Å². The molecule has 3 aromatic rings. The highest BCUT2D eigenvalue weighted by atomic mass is 16.5. The van der Waals surface area contributed by atoms with Crippen LogP contribution in [-0.2, 0) is 6.54 Å². The van der Waals surface area contributed by atoms with E-state index in [1.54, 1.807) is 7.11 Å². The summed E-state index contributed by atoms with van der Waals surface area (Å²) >= 11 is 0. The van der Waals surface area contributed by atoms with E-state index in [1.807, 2.05) is 43.3 Å². The Hall–Kier alpha value is -3.55. The van der Waals surface area contributed by atoms with Crippen molar-refractivity contribution >= 4 is 28.8 Å². The topological polar surface area (TPSA) is 108 Å². The Bertz CT molecular complexity index is 1090. The van der Waals surface area contributed by atoms with E-state index in [1.165, 1.54) is 0 Å². The SMILES string of the molecule is COc1ccc(CNc2nc(NC3CCCCC3NC(=O)O)c3cc(C)ccc3n2)cc1. The normalized spacial score (nSPS) is 18.2. The van der Waals surface area contributed by atoms with Crippen LogP contribution in [0.15, 0.2) is 42.5 Å². The Morgan fingerprint density at radius 1 is 1.09 bits per heavy atom. The van der Waals surface area contributed by atoms with Gasteiger partial charge in [0.05, 0.1) is 18.7 Å². The molecule has 0 saturated heterocycles. The maximum atomic E-state index is 11.3. The Labute approximate surface area is 187 Å². The van der Waals surface area contributed by atoms with Crippen molar-refractivity contribution in [3.05, 3.63) is 53.6 Å². The van der Waals surface area contributed by atoms with Crippen LogP contribution in [0.2, 0.25) is 0 Å². The van der Waals surface area contributed by atoms with Crippen LogP contribution >= 0.6 is 0 Å². The molecule has 1 saturated carbocycles. The Morgan fingerprint density at radius 3 is 2.56 bits per heavy atom. The Kier molecular flexibility index (Phi) is 6.58. The number of aryl methyl sites for hydroxylation is 1. The standard InChI is InChI=1S/C24H29N5O3/c1-15-7-12-19-18(13-15)22(26-20-5-3-4-6-21(20)28-24(30)31)29-23(27-19)25-14-16-8-10-17(32-2)11-9-16/h7-13,20-21,28H,3-6,14H2,1-2H3,(H,30,31)(H2,25,26,27,29). The van der Waals surface area contributed by atoms with Crippen molar-refractivity contribution < 1.29 is 14.6 Å². The number of rotatable bonds is 7. The summed E-state index contributed by atoms with van der Waals surface area (Å²) < 4.78 is 5.22. The van der Waals surface area contributed by atoms with Gasteiger partial charge in [0.25, 0.3) is 0 Å². The first-order chi connectivity index (χ1) is 15.5. The molecule has 168 valence electrons. The lowest BCUT2D eigenvalue weighted by Gasteiger charge is -2.32. The molecule has 0 aliphatic heterocycles. The number of hydrogen-bond donors (Lipinski definition) is 4. The van der Waals surface area contributed by atoms with E-state index >= 15 is 0 Å². The van der Waals surface area contributed by atoms with Crippen molar-refractivity contribution in [1.82, 2.24) is 15.3 Å². The summed E-state index contributed by atoms with van der Waals surface area (Å²) in [6, 6.07) is 13.8. The lowest BCUT2D eigenvalue weighted by Crippen LogP contribution is -2.48. The molecule has 1 aliphatic rings. The smallest absolute Gasteiger partial charge is 0.404 e. The summed E-state index contributed by atoms with van der Waals surface area (Å²) in [6.07, 6.45) is 2.78. The van der Waals surface area contributed by atoms with Gasteiger partial charge in [-0.05, 0) is 49.6 Å². The molecule has 0 radical (unpaired) electrons. The van der Waals surface area contributed by atoms with Gasteiger partial charge in [-0.3, -0.25) is 0 Å². The molecule has 2 aromatic carbocycles. The molecule has 1 aromatic heterocycles. The molecule has 2 atom stereocenters. The lowest BCUT2D eigenvalue weighted by atomic mass is 9.90. The zero-order valence-electron chi connectivity index (χ0n) is 18.4. The average Bonchev–Trinajstić information content (AvgIpc) is 2.79. The zero-order chi connectivity index (χ0) is 22.5. The number of amides is 1. The van der Waals surface area contributed by atoms with Crippen molar-refractivity contribution in [3.8, 4) is 5.75 Å². The third-order valence-electron chi connectivity index (χ3n) is 5.86. The molecule has 8 nitrogen and oxygen atoms in total. The molecule has 1 heterocycles.